The fourth-order valence-corrected chi connectivity index (χ4v) is 3.13. The van der Waals surface area contributed by atoms with Gasteiger partial charge in [0, 0.05) is 5.56 Å². The molecule has 2 rings (SSSR count). The molecule has 0 fully saturated rings. The van der Waals surface area contributed by atoms with Crippen LogP contribution in [-0.4, -0.2) is 28.0 Å². The molecule has 0 atom stereocenters. The van der Waals surface area contributed by atoms with Gasteiger partial charge >= 0.3 is 0 Å². The van der Waals surface area contributed by atoms with Gasteiger partial charge in [-0.1, -0.05) is 26.0 Å². The minimum Gasteiger partial charge on any atom is -0.493 e. The predicted molar refractivity (Wildman–Crippen MR) is 102 cm³/mol. The highest BCUT2D eigenvalue weighted by atomic mass is 32.2. The van der Waals surface area contributed by atoms with Crippen molar-refractivity contribution in [2.45, 2.75) is 31.6 Å². The number of rotatable bonds is 9. The lowest BCUT2D eigenvalue weighted by atomic mass is 10.2. The largest absolute Gasteiger partial charge is 0.493 e. The molecule has 0 radical (unpaired) electrons. The zero-order valence-electron chi connectivity index (χ0n) is 15.6. The quantitative estimate of drug-likeness (QED) is 0.640. The van der Waals surface area contributed by atoms with Crippen molar-refractivity contribution in [3.05, 3.63) is 53.6 Å². The van der Waals surface area contributed by atoms with Gasteiger partial charge in [-0.15, -0.1) is 4.83 Å². The van der Waals surface area contributed by atoms with Crippen LogP contribution in [0.3, 0.4) is 0 Å². The summed E-state index contributed by atoms with van der Waals surface area (Å²) in [4.78, 5) is 14.5. The predicted octanol–water partition coefficient (Wildman–Crippen LogP) is 2.67. The number of hydrogen-bond donors (Lipinski definition) is 2. The van der Waals surface area contributed by atoms with Gasteiger partial charge in [0.25, 0.3) is 15.9 Å². The van der Waals surface area contributed by atoms with Gasteiger partial charge in [-0.05, 0) is 48.7 Å². The van der Waals surface area contributed by atoms with Gasteiger partial charge in [-0.25, -0.2) is 8.42 Å². The number of ether oxygens (including phenoxy) is 2. The molecule has 0 heterocycles. The molecule has 0 aliphatic carbocycles. The molecule has 1 amide bonds. The van der Waals surface area contributed by atoms with E-state index in [9.17, 15) is 13.2 Å². The van der Waals surface area contributed by atoms with Crippen molar-refractivity contribution in [3.8, 4) is 11.5 Å². The fraction of sp³-hybridized carbons (Fsp3) is 0.316. The second kappa shape index (κ2) is 9.38. The van der Waals surface area contributed by atoms with Gasteiger partial charge in [-0.2, -0.15) is 0 Å². The number of nitrogens with one attached hydrogen (secondary N) is 2. The van der Waals surface area contributed by atoms with Gasteiger partial charge in [0.15, 0.2) is 11.5 Å². The van der Waals surface area contributed by atoms with Crippen molar-refractivity contribution in [1.82, 2.24) is 10.3 Å². The second-order valence-corrected chi connectivity index (χ2v) is 7.45. The van der Waals surface area contributed by atoms with E-state index in [0.717, 1.165) is 18.4 Å². The van der Waals surface area contributed by atoms with E-state index in [4.69, 9.17) is 9.47 Å². The Kier molecular flexibility index (Phi) is 7.20. The van der Waals surface area contributed by atoms with Gasteiger partial charge in [0.05, 0.1) is 18.6 Å². The number of methoxy groups -OCH3 is 1. The summed E-state index contributed by atoms with van der Waals surface area (Å²) >= 11 is 0. The van der Waals surface area contributed by atoms with Gasteiger partial charge < -0.3 is 9.47 Å². The maximum atomic E-state index is 12.3. The normalized spacial score (nSPS) is 11.1. The van der Waals surface area contributed by atoms with Gasteiger partial charge in [0.1, 0.15) is 0 Å². The van der Waals surface area contributed by atoms with E-state index in [2.05, 4.69) is 10.3 Å². The van der Waals surface area contributed by atoms with Crippen molar-refractivity contribution in [2.75, 3.05) is 13.7 Å². The van der Waals surface area contributed by atoms with Crippen LogP contribution in [0.2, 0.25) is 0 Å². The Morgan fingerprint density at radius 2 is 1.74 bits per heavy atom. The number of carbonyl (C=O) groups is 1. The first-order valence-electron chi connectivity index (χ1n) is 8.63. The summed E-state index contributed by atoms with van der Waals surface area (Å²) < 4.78 is 35.3. The zero-order valence-corrected chi connectivity index (χ0v) is 16.4. The average Bonchev–Trinajstić information content (AvgIpc) is 2.70. The van der Waals surface area contributed by atoms with Crippen molar-refractivity contribution in [1.29, 1.82) is 0 Å². The monoisotopic (exact) mass is 392 g/mol. The molecule has 0 saturated heterocycles. The molecule has 7 nitrogen and oxygen atoms in total. The molecule has 146 valence electrons. The standard InChI is InChI=1S/C19H24N2O5S/c1-4-12-26-17-11-8-15(13-18(17)25-3)19(22)20-21-27(23,24)16-9-6-14(5-2)7-10-16/h6-11,13,21H,4-5,12H2,1-3H3,(H,20,22). The summed E-state index contributed by atoms with van der Waals surface area (Å²) in [6, 6.07) is 11.1. The molecule has 0 spiro atoms. The van der Waals surface area contributed by atoms with Gasteiger partial charge in [0.2, 0.25) is 0 Å². The number of sulfonamides is 1. The summed E-state index contributed by atoms with van der Waals surface area (Å²) in [5.74, 6) is 0.311. The summed E-state index contributed by atoms with van der Waals surface area (Å²) in [5.41, 5.74) is 3.47. The smallest absolute Gasteiger partial charge is 0.266 e. The minimum absolute atomic E-state index is 0.0703. The van der Waals surface area contributed by atoms with E-state index in [1.165, 1.54) is 31.4 Å². The highest BCUT2D eigenvalue weighted by molar-refractivity contribution is 7.89. The third-order valence-corrected chi connectivity index (χ3v) is 5.09. The third kappa shape index (κ3) is 5.45. The molecule has 0 aliphatic heterocycles. The first kappa shape index (κ1) is 20.7. The zero-order chi connectivity index (χ0) is 19.9. The van der Waals surface area contributed by atoms with Crippen LogP contribution in [0.15, 0.2) is 47.4 Å². The molecule has 2 aromatic rings. The molecule has 8 heteroatoms. The number of hydrazine groups is 1. The summed E-state index contributed by atoms with van der Waals surface area (Å²) in [5, 5.41) is 0. The third-order valence-electron chi connectivity index (χ3n) is 3.83. The van der Waals surface area contributed by atoms with Crippen LogP contribution in [0.5, 0.6) is 11.5 Å². The van der Waals surface area contributed by atoms with Crippen molar-refractivity contribution in [3.63, 3.8) is 0 Å². The van der Waals surface area contributed by atoms with E-state index in [0.29, 0.717) is 18.1 Å². The number of carbonyl (C=O) groups excluding carboxylic acids is 1. The minimum atomic E-state index is -3.86. The summed E-state index contributed by atoms with van der Waals surface area (Å²) in [6.45, 7) is 4.49. The topological polar surface area (TPSA) is 93.7 Å². The van der Waals surface area contributed by atoms with Crippen LogP contribution in [0.25, 0.3) is 0 Å². The van der Waals surface area contributed by atoms with Crippen LogP contribution in [-0.2, 0) is 16.4 Å². The second-order valence-electron chi connectivity index (χ2n) is 5.77. The number of hydrogen-bond acceptors (Lipinski definition) is 5. The van der Waals surface area contributed by atoms with Crippen LogP contribution in [0.4, 0.5) is 0 Å². The van der Waals surface area contributed by atoms with Crippen LogP contribution < -0.4 is 19.7 Å². The van der Waals surface area contributed by atoms with Crippen molar-refractivity contribution >= 4 is 15.9 Å². The van der Waals surface area contributed by atoms with Crippen LogP contribution in [0.1, 0.15) is 36.2 Å². The lowest BCUT2D eigenvalue weighted by Gasteiger charge is -2.12. The lowest BCUT2D eigenvalue weighted by molar-refractivity contribution is 0.0944. The fourth-order valence-electron chi connectivity index (χ4n) is 2.29. The Balaban J connectivity index is 2.07. The van der Waals surface area contributed by atoms with E-state index in [-0.39, 0.29) is 10.5 Å². The van der Waals surface area contributed by atoms with E-state index < -0.39 is 15.9 Å². The molecule has 27 heavy (non-hydrogen) atoms. The Bertz CT molecular complexity index is 879. The molecule has 0 aliphatic rings. The molecule has 0 saturated carbocycles. The molecular formula is C19H24N2O5S. The van der Waals surface area contributed by atoms with Crippen molar-refractivity contribution < 1.29 is 22.7 Å². The molecular weight excluding hydrogens is 368 g/mol. The molecule has 2 aromatic carbocycles. The molecule has 0 aromatic heterocycles. The Morgan fingerprint density at radius 1 is 1.04 bits per heavy atom. The summed E-state index contributed by atoms with van der Waals surface area (Å²) in [6.07, 6.45) is 1.65. The number of aryl methyl sites for hydroxylation is 1. The molecule has 0 bridgehead atoms. The average molecular weight is 392 g/mol. The van der Waals surface area contributed by atoms with E-state index in [1.807, 2.05) is 13.8 Å². The maximum Gasteiger partial charge on any atom is 0.266 e. The van der Waals surface area contributed by atoms with Gasteiger partial charge in [-0.3, -0.25) is 10.2 Å². The first-order chi connectivity index (χ1) is 12.9. The Labute approximate surface area is 159 Å². The maximum absolute atomic E-state index is 12.3. The van der Waals surface area contributed by atoms with Crippen molar-refractivity contribution in [2.24, 2.45) is 0 Å². The molecule has 2 N–H and O–H groups in total. The SMILES string of the molecule is CCCOc1ccc(C(=O)NNS(=O)(=O)c2ccc(CC)cc2)cc1OC. The molecule has 0 unspecified atom stereocenters. The summed E-state index contributed by atoms with van der Waals surface area (Å²) in [7, 11) is -2.39. The van der Waals surface area contributed by atoms with E-state index >= 15 is 0 Å². The Hall–Kier alpha value is -2.58. The highest BCUT2D eigenvalue weighted by Gasteiger charge is 2.17. The first-order valence-corrected chi connectivity index (χ1v) is 10.1. The van der Waals surface area contributed by atoms with Crippen LogP contribution >= 0.6 is 0 Å². The van der Waals surface area contributed by atoms with Crippen LogP contribution in [0, 0.1) is 0 Å². The highest BCUT2D eigenvalue weighted by Crippen LogP contribution is 2.28. The van der Waals surface area contributed by atoms with E-state index in [1.54, 1.807) is 18.2 Å². The Morgan fingerprint density at radius 3 is 2.33 bits per heavy atom. The number of benzene rings is 2. The number of amides is 1. The lowest BCUT2D eigenvalue weighted by Crippen LogP contribution is -2.41.